The lowest BCUT2D eigenvalue weighted by atomic mass is 9.92. The number of aryl methyl sites for hydroxylation is 2. The maximum absolute atomic E-state index is 11.8. The van der Waals surface area contributed by atoms with Crippen molar-refractivity contribution in [2.75, 3.05) is 24.6 Å². The third kappa shape index (κ3) is 3.39. The average Bonchev–Trinajstić information content (AvgIpc) is 2.62. The van der Waals surface area contributed by atoms with Crippen LogP contribution in [0.15, 0.2) is 0 Å². The summed E-state index contributed by atoms with van der Waals surface area (Å²) in [5.74, 6) is 0.799. The molecule has 0 aliphatic heterocycles. The number of anilines is 2. The standard InChI is InChI=1S/C13H25N5O/c1-6-7-18-11(10(14)9(2)17-18)16-8-13(3,4)12(19)15-5/h16H,6-8,14H2,1-5H3,(H,15,19). The Labute approximate surface area is 114 Å². The van der Waals surface area contributed by atoms with Gasteiger partial charge in [0.15, 0.2) is 0 Å². The van der Waals surface area contributed by atoms with Crippen LogP contribution in [0.5, 0.6) is 0 Å². The molecule has 1 heterocycles. The Morgan fingerprint density at radius 2 is 2.11 bits per heavy atom. The SMILES string of the molecule is CCCn1nc(C)c(N)c1NCC(C)(C)C(=O)NC. The zero-order valence-electron chi connectivity index (χ0n) is 12.5. The van der Waals surface area contributed by atoms with E-state index in [0.29, 0.717) is 12.2 Å². The largest absolute Gasteiger partial charge is 0.394 e. The van der Waals surface area contributed by atoms with Crippen molar-refractivity contribution in [2.45, 2.75) is 40.7 Å². The van der Waals surface area contributed by atoms with Gasteiger partial charge >= 0.3 is 0 Å². The predicted octanol–water partition coefficient (Wildman–Crippen LogP) is 1.37. The molecule has 0 fully saturated rings. The Morgan fingerprint density at radius 3 is 2.63 bits per heavy atom. The highest BCUT2D eigenvalue weighted by Crippen LogP contribution is 2.24. The quantitative estimate of drug-likeness (QED) is 0.726. The molecule has 1 aromatic rings. The highest BCUT2D eigenvalue weighted by Gasteiger charge is 2.27. The minimum Gasteiger partial charge on any atom is -0.394 e. The van der Waals surface area contributed by atoms with Gasteiger partial charge in [0, 0.05) is 20.1 Å². The summed E-state index contributed by atoms with van der Waals surface area (Å²) in [5, 5.41) is 10.3. The molecule has 1 aromatic heterocycles. The number of aromatic nitrogens is 2. The molecule has 6 heteroatoms. The molecule has 0 saturated carbocycles. The van der Waals surface area contributed by atoms with Gasteiger partial charge in [0.2, 0.25) is 5.91 Å². The van der Waals surface area contributed by atoms with E-state index in [1.54, 1.807) is 7.05 Å². The van der Waals surface area contributed by atoms with E-state index in [1.807, 2.05) is 25.5 Å². The zero-order chi connectivity index (χ0) is 14.6. The fraction of sp³-hybridized carbons (Fsp3) is 0.692. The van der Waals surface area contributed by atoms with Crippen molar-refractivity contribution < 1.29 is 4.79 Å². The minimum atomic E-state index is -0.504. The number of nitrogens with one attached hydrogen (secondary N) is 2. The number of hydrogen-bond acceptors (Lipinski definition) is 4. The monoisotopic (exact) mass is 267 g/mol. The van der Waals surface area contributed by atoms with Gasteiger partial charge in [-0.05, 0) is 27.2 Å². The van der Waals surface area contributed by atoms with Gasteiger partial charge in [0.1, 0.15) is 5.82 Å². The summed E-state index contributed by atoms with van der Waals surface area (Å²) in [7, 11) is 1.64. The lowest BCUT2D eigenvalue weighted by molar-refractivity contribution is -0.128. The molecule has 0 saturated heterocycles. The fourth-order valence-electron chi connectivity index (χ4n) is 1.88. The fourth-order valence-corrected chi connectivity index (χ4v) is 1.88. The number of nitrogens with zero attached hydrogens (tertiary/aromatic N) is 2. The molecule has 0 spiro atoms. The van der Waals surface area contributed by atoms with Crippen LogP contribution in [0.1, 0.15) is 32.9 Å². The second-order valence-electron chi connectivity index (χ2n) is 5.39. The zero-order valence-corrected chi connectivity index (χ0v) is 12.5. The number of nitrogen functional groups attached to an aromatic ring is 1. The second kappa shape index (κ2) is 5.95. The van der Waals surface area contributed by atoms with Crippen LogP contribution >= 0.6 is 0 Å². The number of hydrogen-bond donors (Lipinski definition) is 3. The third-order valence-corrected chi connectivity index (χ3v) is 3.15. The van der Waals surface area contributed by atoms with Gasteiger partial charge in [-0.3, -0.25) is 4.79 Å². The molecule has 4 N–H and O–H groups in total. The van der Waals surface area contributed by atoms with E-state index < -0.39 is 5.41 Å². The van der Waals surface area contributed by atoms with Crippen molar-refractivity contribution >= 4 is 17.4 Å². The summed E-state index contributed by atoms with van der Waals surface area (Å²) in [6.45, 7) is 9.07. The molecule has 0 atom stereocenters. The Balaban J connectivity index is 2.85. The number of amides is 1. The molecule has 19 heavy (non-hydrogen) atoms. The van der Waals surface area contributed by atoms with E-state index in [1.165, 1.54) is 0 Å². The summed E-state index contributed by atoms with van der Waals surface area (Å²) in [5.41, 5.74) is 6.99. The molecule has 1 rings (SSSR count). The molecule has 0 radical (unpaired) electrons. The highest BCUT2D eigenvalue weighted by molar-refractivity contribution is 5.82. The summed E-state index contributed by atoms with van der Waals surface area (Å²) < 4.78 is 1.87. The Hall–Kier alpha value is -1.72. The van der Waals surface area contributed by atoms with Crippen LogP contribution in [0.25, 0.3) is 0 Å². The van der Waals surface area contributed by atoms with Gasteiger partial charge in [-0.25, -0.2) is 4.68 Å². The minimum absolute atomic E-state index is 0.00292. The van der Waals surface area contributed by atoms with Crippen molar-refractivity contribution in [2.24, 2.45) is 5.41 Å². The first kappa shape index (κ1) is 15.3. The van der Waals surface area contributed by atoms with Crippen molar-refractivity contribution in [1.29, 1.82) is 0 Å². The van der Waals surface area contributed by atoms with Gasteiger partial charge in [0.25, 0.3) is 0 Å². The number of carbonyl (C=O) groups is 1. The van der Waals surface area contributed by atoms with Gasteiger partial charge in [-0.2, -0.15) is 5.10 Å². The maximum atomic E-state index is 11.8. The van der Waals surface area contributed by atoms with Crippen molar-refractivity contribution in [1.82, 2.24) is 15.1 Å². The lowest BCUT2D eigenvalue weighted by Crippen LogP contribution is -2.39. The first-order chi connectivity index (χ1) is 8.83. The summed E-state index contributed by atoms with van der Waals surface area (Å²) in [4.78, 5) is 11.8. The van der Waals surface area contributed by atoms with E-state index in [2.05, 4.69) is 22.7 Å². The number of carbonyl (C=O) groups excluding carboxylic acids is 1. The summed E-state index contributed by atoms with van der Waals surface area (Å²) in [6.07, 6.45) is 0.980. The van der Waals surface area contributed by atoms with Crippen LogP contribution in [0, 0.1) is 12.3 Å². The predicted molar refractivity (Wildman–Crippen MR) is 78.0 cm³/mol. The molecule has 0 aliphatic rings. The summed E-state index contributed by atoms with van der Waals surface area (Å²) in [6, 6.07) is 0. The topological polar surface area (TPSA) is 85.0 Å². The molecular weight excluding hydrogens is 242 g/mol. The van der Waals surface area contributed by atoms with E-state index in [-0.39, 0.29) is 5.91 Å². The van der Waals surface area contributed by atoms with Crippen molar-refractivity contribution in [3.05, 3.63) is 5.69 Å². The molecule has 0 bridgehead atoms. The lowest BCUT2D eigenvalue weighted by Gasteiger charge is -2.23. The van der Waals surface area contributed by atoms with Crippen LogP contribution in [-0.4, -0.2) is 29.3 Å². The van der Waals surface area contributed by atoms with Gasteiger partial charge in [-0.1, -0.05) is 6.92 Å². The number of nitrogens with two attached hydrogens (primary N) is 1. The van der Waals surface area contributed by atoms with Crippen LogP contribution in [0.3, 0.4) is 0 Å². The molecule has 1 amide bonds. The van der Waals surface area contributed by atoms with E-state index in [4.69, 9.17) is 5.73 Å². The first-order valence-electron chi connectivity index (χ1n) is 6.62. The van der Waals surface area contributed by atoms with E-state index >= 15 is 0 Å². The van der Waals surface area contributed by atoms with Gasteiger partial charge in [-0.15, -0.1) is 0 Å². The van der Waals surface area contributed by atoms with Crippen molar-refractivity contribution in [3.8, 4) is 0 Å². The Morgan fingerprint density at radius 1 is 1.47 bits per heavy atom. The average molecular weight is 267 g/mol. The molecule has 6 nitrogen and oxygen atoms in total. The number of rotatable bonds is 6. The molecule has 108 valence electrons. The highest BCUT2D eigenvalue weighted by atomic mass is 16.2. The Bertz CT molecular complexity index is 450. The van der Waals surface area contributed by atoms with Crippen LogP contribution < -0.4 is 16.4 Å². The van der Waals surface area contributed by atoms with Crippen LogP contribution in [0.2, 0.25) is 0 Å². The molecule has 0 aromatic carbocycles. The van der Waals surface area contributed by atoms with E-state index in [9.17, 15) is 4.79 Å². The van der Waals surface area contributed by atoms with E-state index in [0.717, 1.165) is 24.5 Å². The molecule has 0 unspecified atom stereocenters. The van der Waals surface area contributed by atoms with Crippen LogP contribution in [0.4, 0.5) is 11.5 Å². The Kier molecular flexibility index (Phi) is 4.80. The normalized spacial score (nSPS) is 11.4. The smallest absolute Gasteiger partial charge is 0.227 e. The molecular formula is C13H25N5O. The third-order valence-electron chi connectivity index (χ3n) is 3.15. The summed E-state index contributed by atoms with van der Waals surface area (Å²) >= 11 is 0. The maximum Gasteiger partial charge on any atom is 0.227 e. The van der Waals surface area contributed by atoms with Gasteiger partial charge < -0.3 is 16.4 Å². The first-order valence-corrected chi connectivity index (χ1v) is 6.62. The van der Waals surface area contributed by atoms with Crippen LogP contribution in [-0.2, 0) is 11.3 Å². The van der Waals surface area contributed by atoms with Crippen molar-refractivity contribution in [3.63, 3.8) is 0 Å². The second-order valence-corrected chi connectivity index (χ2v) is 5.39. The van der Waals surface area contributed by atoms with Gasteiger partial charge in [0.05, 0.1) is 16.8 Å². The molecule has 0 aliphatic carbocycles.